The summed E-state index contributed by atoms with van der Waals surface area (Å²) in [7, 11) is 1.82. The number of nitrogens with one attached hydrogen (secondary N) is 3. The quantitative estimate of drug-likeness (QED) is 0.591. The van der Waals surface area contributed by atoms with Crippen LogP contribution in [0.25, 0.3) is 0 Å². The molecule has 0 saturated carbocycles. The van der Waals surface area contributed by atoms with Crippen LogP contribution in [0.3, 0.4) is 0 Å². The summed E-state index contributed by atoms with van der Waals surface area (Å²) >= 11 is 6.01. The van der Waals surface area contributed by atoms with Gasteiger partial charge in [0, 0.05) is 29.0 Å². The molecule has 0 aromatic heterocycles. The van der Waals surface area contributed by atoms with Crippen LogP contribution >= 0.6 is 11.6 Å². The largest absolute Gasteiger partial charge is 0.388 e. The zero-order valence-electron chi connectivity index (χ0n) is 12.4. The lowest BCUT2D eigenvalue weighted by molar-refractivity contribution is 0.252. The third kappa shape index (κ3) is 4.23. The standard InChI is InChI=1S/C16H17ClN4O/c1-11(14-10-12(17)8-9-15(14)18-2)20-21-16(22)19-13-6-4-3-5-7-13/h3-10,18H,1-2H3,(H2,19,21,22)/b20-11-. The van der Waals surface area contributed by atoms with Gasteiger partial charge in [0.2, 0.25) is 0 Å². The summed E-state index contributed by atoms with van der Waals surface area (Å²) in [5.74, 6) is 0. The summed E-state index contributed by atoms with van der Waals surface area (Å²) in [6.45, 7) is 1.80. The molecule has 0 aliphatic carbocycles. The number of para-hydroxylation sites is 1. The lowest BCUT2D eigenvalue weighted by Crippen LogP contribution is -2.25. The number of hydrogen-bond acceptors (Lipinski definition) is 3. The average molecular weight is 317 g/mol. The minimum atomic E-state index is -0.404. The molecule has 0 spiro atoms. The molecule has 0 heterocycles. The van der Waals surface area contributed by atoms with Crippen molar-refractivity contribution in [1.29, 1.82) is 0 Å². The molecular formula is C16H17ClN4O. The van der Waals surface area contributed by atoms with Gasteiger partial charge < -0.3 is 10.6 Å². The van der Waals surface area contributed by atoms with E-state index in [9.17, 15) is 4.79 Å². The first-order chi connectivity index (χ1) is 10.6. The van der Waals surface area contributed by atoms with E-state index in [1.807, 2.05) is 31.3 Å². The maximum atomic E-state index is 11.8. The highest BCUT2D eigenvalue weighted by atomic mass is 35.5. The molecule has 0 atom stereocenters. The van der Waals surface area contributed by atoms with Gasteiger partial charge in [-0.2, -0.15) is 5.10 Å². The summed E-state index contributed by atoms with van der Waals surface area (Å²) in [6, 6.07) is 14.2. The first kappa shape index (κ1) is 15.9. The van der Waals surface area contributed by atoms with E-state index >= 15 is 0 Å². The molecule has 0 bridgehead atoms. The average Bonchev–Trinajstić information content (AvgIpc) is 2.53. The van der Waals surface area contributed by atoms with E-state index in [1.54, 1.807) is 31.2 Å². The Bertz CT molecular complexity index is 686. The predicted molar refractivity (Wildman–Crippen MR) is 91.8 cm³/mol. The van der Waals surface area contributed by atoms with Gasteiger partial charge in [0.05, 0.1) is 5.71 Å². The van der Waals surface area contributed by atoms with Crippen molar-refractivity contribution >= 4 is 34.7 Å². The normalized spacial score (nSPS) is 11.0. The van der Waals surface area contributed by atoms with Crippen LogP contribution in [0.2, 0.25) is 5.02 Å². The van der Waals surface area contributed by atoms with Crippen LogP contribution in [0, 0.1) is 0 Å². The second-order valence-corrected chi connectivity index (χ2v) is 5.01. The highest BCUT2D eigenvalue weighted by molar-refractivity contribution is 6.31. The van der Waals surface area contributed by atoms with Gasteiger partial charge >= 0.3 is 6.03 Å². The lowest BCUT2D eigenvalue weighted by Gasteiger charge is -2.10. The van der Waals surface area contributed by atoms with Crippen molar-refractivity contribution in [2.24, 2.45) is 5.10 Å². The first-order valence-corrected chi connectivity index (χ1v) is 7.12. The number of amides is 2. The number of hydrazone groups is 1. The molecule has 2 rings (SSSR count). The van der Waals surface area contributed by atoms with E-state index in [2.05, 4.69) is 21.2 Å². The van der Waals surface area contributed by atoms with E-state index in [0.717, 1.165) is 11.3 Å². The van der Waals surface area contributed by atoms with Crippen LogP contribution in [0.4, 0.5) is 16.2 Å². The zero-order chi connectivity index (χ0) is 15.9. The molecule has 22 heavy (non-hydrogen) atoms. The van der Waals surface area contributed by atoms with Crippen molar-refractivity contribution in [3.05, 3.63) is 59.1 Å². The van der Waals surface area contributed by atoms with Gasteiger partial charge in [-0.15, -0.1) is 0 Å². The minimum Gasteiger partial charge on any atom is -0.388 e. The Morgan fingerprint density at radius 2 is 1.86 bits per heavy atom. The second-order valence-electron chi connectivity index (χ2n) is 4.57. The van der Waals surface area contributed by atoms with Crippen molar-refractivity contribution in [2.45, 2.75) is 6.92 Å². The maximum Gasteiger partial charge on any atom is 0.339 e. The Morgan fingerprint density at radius 3 is 2.55 bits per heavy atom. The Hall–Kier alpha value is -2.53. The summed E-state index contributed by atoms with van der Waals surface area (Å²) in [6.07, 6.45) is 0. The third-order valence-corrected chi connectivity index (χ3v) is 3.23. The van der Waals surface area contributed by atoms with Crippen molar-refractivity contribution in [2.75, 3.05) is 17.7 Å². The molecule has 0 fully saturated rings. The fraction of sp³-hybridized carbons (Fsp3) is 0.125. The maximum absolute atomic E-state index is 11.8. The van der Waals surface area contributed by atoms with Crippen molar-refractivity contribution < 1.29 is 4.79 Å². The fourth-order valence-electron chi connectivity index (χ4n) is 1.91. The molecule has 2 aromatic carbocycles. The van der Waals surface area contributed by atoms with E-state index in [0.29, 0.717) is 16.4 Å². The van der Waals surface area contributed by atoms with Crippen molar-refractivity contribution in [3.8, 4) is 0 Å². The van der Waals surface area contributed by atoms with E-state index < -0.39 is 6.03 Å². The van der Waals surface area contributed by atoms with Gasteiger partial charge in [-0.25, -0.2) is 10.2 Å². The monoisotopic (exact) mass is 316 g/mol. The Kier molecular flexibility index (Phi) is 5.38. The fourth-order valence-corrected chi connectivity index (χ4v) is 2.08. The van der Waals surface area contributed by atoms with Gasteiger partial charge in [0.25, 0.3) is 0 Å². The minimum absolute atomic E-state index is 0.404. The molecule has 3 N–H and O–H groups in total. The number of urea groups is 1. The molecule has 0 radical (unpaired) electrons. The van der Waals surface area contributed by atoms with Crippen LogP contribution in [0.5, 0.6) is 0 Å². The van der Waals surface area contributed by atoms with Crippen LogP contribution in [0.15, 0.2) is 53.6 Å². The number of carbonyl (C=O) groups excluding carboxylic acids is 1. The molecular weight excluding hydrogens is 300 g/mol. The lowest BCUT2D eigenvalue weighted by atomic mass is 10.1. The number of anilines is 2. The van der Waals surface area contributed by atoms with Gasteiger partial charge in [-0.05, 0) is 37.3 Å². The Morgan fingerprint density at radius 1 is 1.14 bits per heavy atom. The summed E-state index contributed by atoms with van der Waals surface area (Å²) in [5, 5.41) is 10.5. The number of rotatable bonds is 4. The first-order valence-electron chi connectivity index (χ1n) is 6.74. The van der Waals surface area contributed by atoms with Crippen LogP contribution in [-0.4, -0.2) is 18.8 Å². The number of hydrogen-bond donors (Lipinski definition) is 3. The van der Waals surface area contributed by atoms with E-state index in [1.165, 1.54) is 0 Å². The van der Waals surface area contributed by atoms with Crippen LogP contribution in [0.1, 0.15) is 12.5 Å². The summed E-state index contributed by atoms with van der Waals surface area (Å²) in [5.41, 5.74) is 5.53. The van der Waals surface area contributed by atoms with Crippen molar-refractivity contribution in [1.82, 2.24) is 5.43 Å². The number of nitrogens with zero attached hydrogens (tertiary/aromatic N) is 1. The van der Waals surface area contributed by atoms with Gasteiger partial charge in [0.15, 0.2) is 0 Å². The number of benzene rings is 2. The molecule has 0 unspecified atom stereocenters. The molecule has 0 aliphatic heterocycles. The van der Waals surface area contributed by atoms with Crippen LogP contribution in [-0.2, 0) is 0 Å². The topological polar surface area (TPSA) is 65.5 Å². The third-order valence-electron chi connectivity index (χ3n) is 3.00. The summed E-state index contributed by atoms with van der Waals surface area (Å²) < 4.78 is 0. The smallest absolute Gasteiger partial charge is 0.339 e. The van der Waals surface area contributed by atoms with E-state index in [4.69, 9.17) is 11.6 Å². The Labute approximate surface area is 134 Å². The molecule has 2 aromatic rings. The second kappa shape index (κ2) is 7.47. The van der Waals surface area contributed by atoms with Gasteiger partial charge in [0.1, 0.15) is 0 Å². The number of halogens is 1. The zero-order valence-corrected chi connectivity index (χ0v) is 13.1. The van der Waals surface area contributed by atoms with E-state index in [-0.39, 0.29) is 0 Å². The highest BCUT2D eigenvalue weighted by Crippen LogP contribution is 2.20. The van der Waals surface area contributed by atoms with Gasteiger partial charge in [-0.1, -0.05) is 29.8 Å². The summed E-state index contributed by atoms with van der Waals surface area (Å²) in [4.78, 5) is 11.8. The molecule has 5 nitrogen and oxygen atoms in total. The van der Waals surface area contributed by atoms with Crippen molar-refractivity contribution in [3.63, 3.8) is 0 Å². The number of carbonyl (C=O) groups is 1. The Balaban J connectivity index is 2.06. The van der Waals surface area contributed by atoms with Gasteiger partial charge in [-0.3, -0.25) is 0 Å². The SMILES string of the molecule is CNc1ccc(Cl)cc1/C(C)=N\NC(=O)Nc1ccccc1. The molecule has 0 aliphatic rings. The predicted octanol–water partition coefficient (Wildman–Crippen LogP) is 3.93. The van der Waals surface area contributed by atoms with Crippen LogP contribution < -0.4 is 16.1 Å². The molecule has 2 amide bonds. The molecule has 6 heteroatoms. The molecule has 114 valence electrons. The highest BCUT2D eigenvalue weighted by Gasteiger charge is 2.06. The molecule has 0 saturated heterocycles.